The molecule has 1 aromatic heterocycles. The summed E-state index contributed by atoms with van der Waals surface area (Å²) in [5.41, 5.74) is 1.66. The number of Topliss-reactive ketones (excluding diaryl/α,β-unsaturated/α-hetero) is 1. The average Bonchev–Trinajstić information content (AvgIpc) is 3.12. The van der Waals surface area contributed by atoms with Gasteiger partial charge < -0.3 is 9.84 Å². The summed E-state index contributed by atoms with van der Waals surface area (Å²) in [6.45, 7) is 4.94. The average molecular weight is 440 g/mol. The van der Waals surface area contributed by atoms with Crippen LogP contribution < -0.4 is 0 Å². The zero-order valence-corrected chi connectivity index (χ0v) is 20.2. The number of hydrogen-bond donors (Lipinski definition) is 1. The highest BCUT2D eigenvalue weighted by molar-refractivity contribution is 5.84. The first kappa shape index (κ1) is 22.5. The van der Waals surface area contributed by atoms with E-state index >= 15 is 0 Å². The molecule has 4 aliphatic carbocycles. The van der Waals surface area contributed by atoms with E-state index in [0.717, 1.165) is 54.7 Å². The second-order valence-corrected chi connectivity index (χ2v) is 11.9. The summed E-state index contributed by atoms with van der Waals surface area (Å²) in [4.78, 5) is 17.9. The zero-order valence-electron chi connectivity index (χ0n) is 20.2. The Morgan fingerprint density at radius 3 is 2.72 bits per heavy atom. The van der Waals surface area contributed by atoms with Crippen molar-refractivity contribution in [2.75, 3.05) is 13.7 Å². The number of carbonyl (C=O) groups excluding carboxylic acids is 1. The van der Waals surface area contributed by atoms with Crippen LogP contribution in [-0.2, 0) is 16.0 Å². The van der Waals surface area contributed by atoms with Crippen LogP contribution in [0.15, 0.2) is 18.3 Å². The minimum Gasteiger partial charge on any atom is -0.387 e. The van der Waals surface area contributed by atoms with E-state index in [1.807, 2.05) is 19.2 Å². The molecule has 1 heterocycles. The van der Waals surface area contributed by atoms with Crippen molar-refractivity contribution in [3.8, 4) is 0 Å². The van der Waals surface area contributed by atoms with Crippen molar-refractivity contribution in [1.29, 1.82) is 0 Å². The van der Waals surface area contributed by atoms with Crippen LogP contribution >= 0.6 is 0 Å². The molecule has 0 aliphatic heterocycles. The molecule has 0 saturated heterocycles. The molecule has 0 spiro atoms. The summed E-state index contributed by atoms with van der Waals surface area (Å²) in [5, 5.41) is 11.0. The second-order valence-electron chi connectivity index (χ2n) is 11.9. The Bertz CT molecular complexity index is 855. The molecule has 0 unspecified atom stereocenters. The number of rotatable bonds is 5. The Hall–Kier alpha value is -1.26. The van der Waals surface area contributed by atoms with E-state index in [2.05, 4.69) is 18.0 Å². The highest BCUT2D eigenvalue weighted by atomic mass is 16.5. The number of aryl methyl sites for hydroxylation is 1. The van der Waals surface area contributed by atoms with Crippen LogP contribution in [0, 0.1) is 47.8 Å². The van der Waals surface area contributed by atoms with Gasteiger partial charge in [-0.25, -0.2) is 0 Å². The van der Waals surface area contributed by atoms with E-state index in [4.69, 9.17) is 4.74 Å². The molecule has 4 fully saturated rings. The number of aromatic nitrogens is 1. The van der Waals surface area contributed by atoms with Crippen molar-refractivity contribution in [1.82, 2.24) is 4.98 Å². The Labute approximate surface area is 193 Å². The molecular formula is C28H41NO3. The van der Waals surface area contributed by atoms with Gasteiger partial charge in [-0.15, -0.1) is 0 Å². The quantitative estimate of drug-likeness (QED) is 0.689. The number of fused-ring (bicyclic) bond motifs is 5. The van der Waals surface area contributed by atoms with E-state index in [1.54, 1.807) is 7.11 Å². The summed E-state index contributed by atoms with van der Waals surface area (Å²) in [6.07, 6.45) is 12.6. The molecule has 5 rings (SSSR count). The number of pyridine rings is 1. The van der Waals surface area contributed by atoms with E-state index in [9.17, 15) is 9.90 Å². The highest BCUT2D eigenvalue weighted by Crippen LogP contribution is 2.64. The number of ketones is 1. The van der Waals surface area contributed by atoms with Crippen LogP contribution in [0.4, 0.5) is 0 Å². The molecule has 4 nitrogen and oxygen atoms in total. The number of ether oxygens (including phenoxy) is 1. The number of aliphatic hydroxyl groups is 1. The van der Waals surface area contributed by atoms with Gasteiger partial charge in [0.05, 0.1) is 12.2 Å². The smallest absolute Gasteiger partial charge is 0.140 e. The predicted octanol–water partition coefficient (Wildman–Crippen LogP) is 5.15. The van der Waals surface area contributed by atoms with Crippen LogP contribution in [0.5, 0.6) is 0 Å². The lowest BCUT2D eigenvalue weighted by atomic mass is 9.49. The third kappa shape index (κ3) is 3.76. The first-order valence-corrected chi connectivity index (χ1v) is 13.0. The lowest BCUT2D eigenvalue weighted by Crippen LogP contribution is -2.52. The van der Waals surface area contributed by atoms with E-state index < -0.39 is 5.60 Å². The van der Waals surface area contributed by atoms with Gasteiger partial charge in [-0.05, 0) is 111 Å². The molecule has 0 bridgehead atoms. The van der Waals surface area contributed by atoms with E-state index in [1.165, 1.54) is 32.1 Å². The molecule has 4 heteroatoms. The monoisotopic (exact) mass is 439 g/mol. The third-order valence-corrected chi connectivity index (χ3v) is 10.4. The summed E-state index contributed by atoms with van der Waals surface area (Å²) in [7, 11) is 1.70. The van der Waals surface area contributed by atoms with Crippen LogP contribution in [0.1, 0.15) is 76.0 Å². The third-order valence-electron chi connectivity index (χ3n) is 10.4. The van der Waals surface area contributed by atoms with Gasteiger partial charge in [-0.1, -0.05) is 13.0 Å². The standard InChI is InChI=1S/C28H41NO3/c1-18-19(5-4-14-29-18)15-26(30)25-9-8-24-23-7-6-20-16-28(31,17-32-3)13-11-21(20)22(23)10-12-27(24,25)2/h4-5,14,20-25,31H,6-13,15-17H2,1-3H3/t20-,21+,22-,23-,24+,25-,27+,28-/m1/s1. The lowest BCUT2D eigenvalue weighted by molar-refractivity contribution is -0.135. The van der Waals surface area contributed by atoms with Gasteiger partial charge in [0.1, 0.15) is 5.78 Å². The lowest BCUT2D eigenvalue weighted by Gasteiger charge is -2.57. The summed E-state index contributed by atoms with van der Waals surface area (Å²) in [6, 6.07) is 4.03. The van der Waals surface area contributed by atoms with Crippen molar-refractivity contribution in [2.24, 2.45) is 40.9 Å². The van der Waals surface area contributed by atoms with Crippen LogP contribution in [-0.4, -0.2) is 35.2 Å². The van der Waals surface area contributed by atoms with Gasteiger partial charge in [-0.3, -0.25) is 9.78 Å². The summed E-state index contributed by atoms with van der Waals surface area (Å²) < 4.78 is 5.34. The fraction of sp³-hybridized carbons (Fsp3) is 0.786. The van der Waals surface area contributed by atoms with Gasteiger partial charge >= 0.3 is 0 Å². The maximum Gasteiger partial charge on any atom is 0.140 e. The SMILES string of the molecule is COC[C@@]1(O)CC[C@H]2[C@H](CC[C@@H]3[C@@H]2CC[C@]2(C)[C@@H](C(=O)Cc4cccnc4C)CC[C@@H]32)C1. The van der Waals surface area contributed by atoms with Crippen LogP contribution in [0.25, 0.3) is 0 Å². The maximum atomic E-state index is 13.5. The molecule has 0 radical (unpaired) electrons. The molecule has 4 saturated carbocycles. The molecule has 0 aromatic carbocycles. The Morgan fingerprint density at radius 2 is 1.94 bits per heavy atom. The fourth-order valence-electron chi connectivity index (χ4n) is 8.91. The highest BCUT2D eigenvalue weighted by Gasteiger charge is 2.58. The van der Waals surface area contributed by atoms with Crippen molar-refractivity contribution in [3.63, 3.8) is 0 Å². The van der Waals surface area contributed by atoms with Gasteiger partial charge in [-0.2, -0.15) is 0 Å². The van der Waals surface area contributed by atoms with E-state index in [-0.39, 0.29) is 11.3 Å². The number of methoxy groups -OCH3 is 1. The topological polar surface area (TPSA) is 59.4 Å². The largest absolute Gasteiger partial charge is 0.387 e. The van der Waals surface area contributed by atoms with Crippen molar-refractivity contribution in [2.45, 2.75) is 83.7 Å². The number of carbonyl (C=O) groups is 1. The Kier molecular flexibility index (Phi) is 5.99. The normalized spacial score (nSPS) is 43.2. The molecule has 176 valence electrons. The van der Waals surface area contributed by atoms with Gasteiger partial charge in [0, 0.05) is 31.3 Å². The maximum absolute atomic E-state index is 13.5. The van der Waals surface area contributed by atoms with Crippen molar-refractivity contribution < 1.29 is 14.6 Å². The predicted molar refractivity (Wildman–Crippen MR) is 125 cm³/mol. The number of hydrogen-bond acceptors (Lipinski definition) is 4. The van der Waals surface area contributed by atoms with Gasteiger partial charge in [0.2, 0.25) is 0 Å². The second kappa shape index (κ2) is 8.51. The Morgan fingerprint density at radius 1 is 1.12 bits per heavy atom. The zero-order chi connectivity index (χ0) is 22.5. The van der Waals surface area contributed by atoms with Gasteiger partial charge in [0.15, 0.2) is 0 Å². The first-order valence-electron chi connectivity index (χ1n) is 13.0. The molecule has 0 amide bonds. The summed E-state index contributed by atoms with van der Waals surface area (Å²) >= 11 is 0. The van der Waals surface area contributed by atoms with Crippen molar-refractivity contribution >= 4 is 5.78 Å². The van der Waals surface area contributed by atoms with Crippen LogP contribution in [0.2, 0.25) is 0 Å². The molecule has 1 aromatic rings. The Balaban J connectivity index is 1.29. The minimum atomic E-state index is -0.610. The minimum absolute atomic E-state index is 0.173. The molecule has 32 heavy (non-hydrogen) atoms. The molecule has 8 atom stereocenters. The number of nitrogens with zero attached hydrogens (tertiary/aromatic N) is 1. The molecule has 1 N–H and O–H groups in total. The summed E-state index contributed by atoms with van der Waals surface area (Å²) in [5.74, 6) is 4.36. The van der Waals surface area contributed by atoms with Crippen molar-refractivity contribution in [3.05, 3.63) is 29.6 Å². The molecule has 4 aliphatic rings. The van der Waals surface area contributed by atoms with Crippen LogP contribution in [0.3, 0.4) is 0 Å². The fourth-order valence-corrected chi connectivity index (χ4v) is 8.91. The van der Waals surface area contributed by atoms with Gasteiger partial charge in [0.25, 0.3) is 0 Å². The first-order chi connectivity index (χ1) is 15.3. The van der Waals surface area contributed by atoms with E-state index in [0.29, 0.717) is 30.6 Å². The molecular weight excluding hydrogens is 398 g/mol.